The van der Waals surface area contributed by atoms with Crippen LogP contribution in [0.2, 0.25) is 15.1 Å². The van der Waals surface area contributed by atoms with Gasteiger partial charge in [0.15, 0.2) is 0 Å². The molecule has 3 N–H and O–H groups in total. The molecule has 4 aromatic carbocycles. The Kier molecular flexibility index (Phi) is 15.2. The highest BCUT2D eigenvalue weighted by Gasteiger charge is 2.24. The molecule has 0 aliphatic carbocycles. The highest BCUT2D eigenvalue weighted by Crippen LogP contribution is 2.37. The molecule has 1 fully saturated rings. The lowest BCUT2D eigenvalue weighted by Gasteiger charge is -2.27. The Morgan fingerprint density at radius 1 is 0.827 bits per heavy atom. The molecule has 0 radical (unpaired) electrons. The van der Waals surface area contributed by atoms with Gasteiger partial charge in [-0.3, -0.25) is 0 Å². The van der Waals surface area contributed by atoms with Gasteiger partial charge in [0.25, 0.3) is 0 Å². The second kappa shape index (κ2) is 19.3. The van der Waals surface area contributed by atoms with Crippen molar-refractivity contribution in [3.63, 3.8) is 0 Å². The molecule has 8 nitrogen and oxygen atoms in total. The second-order valence-corrected chi connectivity index (χ2v) is 15.3. The van der Waals surface area contributed by atoms with Crippen LogP contribution in [-0.2, 0) is 22.8 Å². The summed E-state index contributed by atoms with van der Waals surface area (Å²) in [6.45, 7) is 9.90. The van der Waals surface area contributed by atoms with E-state index < -0.39 is 5.54 Å². The molecular formula is C40H46Cl3IN2O6. The van der Waals surface area contributed by atoms with E-state index in [1.54, 1.807) is 37.3 Å². The van der Waals surface area contributed by atoms with Gasteiger partial charge >= 0.3 is 0 Å². The number of likely N-dealkylation sites (tertiary alicyclic amines) is 1. The van der Waals surface area contributed by atoms with Crippen LogP contribution in [0.1, 0.15) is 47.6 Å². The van der Waals surface area contributed by atoms with E-state index in [1.807, 2.05) is 41.2 Å². The van der Waals surface area contributed by atoms with Crippen LogP contribution in [0.15, 0.2) is 66.7 Å². The van der Waals surface area contributed by atoms with Gasteiger partial charge in [0.2, 0.25) is 0 Å². The van der Waals surface area contributed by atoms with Gasteiger partial charge in [-0.1, -0.05) is 65.1 Å². The first-order chi connectivity index (χ1) is 25.0. The van der Waals surface area contributed by atoms with Gasteiger partial charge in [0.05, 0.1) is 36.5 Å². The van der Waals surface area contributed by atoms with E-state index in [4.69, 9.17) is 52.1 Å². The van der Waals surface area contributed by atoms with Crippen molar-refractivity contribution in [2.45, 2.75) is 65.0 Å². The summed E-state index contributed by atoms with van der Waals surface area (Å²) in [4.78, 5) is 2.43. The molecule has 0 aromatic heterocycles. The predicted octanol–water partition coefficient (Wildman–Crippen LogP) is 9.13. The van der Waals surface area contributed by atoms with Gasteiger partial charge in [-0.15, -0.1) is 0 Å². The van der Waals surface area contributed by atoms with Crippen LogP contribution < -0.4 is 19.5 Å². The fourth-order valence-electron chi connectivity index (χ4n) is 6.18. The van der Waals surface area contributed by atoms with Crippen LogP contribution in [0.4, 0.5) is 0 Å². The third-order valence-corrected chi connectivity index (χ3v) is 10.9. The van der Waals surface area contributed by atoms with Crippen molar-refractivity contribution in [1.82, 2.24) is 10.2 Å². The molecule has 1 atom stereocenters. The van der Waals surface area contributed by atoms with E-state index in [2.05, 4.69) is 42.3 Å². The van der Waals surface area contributed by atoms with Gasteiger partial charge in [0.1, 0.15) is 53.5 Å². The third kappa shape index (κ3) is 10.9. The number of nitrogens with zero attached hydrogens (tertiary/aromatic N) is 1. The molecule has 1 saturated heterocycles. The zero-order valence-corrected chi connectivity index (χ0v) is 34.1. The minimum atomic E-state index is -0.895. The largest absolute Gasteiger partial charge is 0.493 e. The molecule has 280 valence electrons. The number of nitrogens with one attached hydrogen (secondary N) is 1. The zero-order valence-electron chi connectivity index (χ0n) is 29.7. The highest BCUT2D eigenvalue weighted by atomic mass is 127. The average Bonchev–Trinajstić information content (AvgIpc) is 3.60. The van der Waals surface area contributed by atoms with Crippen molar-refractivity contribution in [2.24, 2.45) is 0 Å². The van der Waals surface area contributed by atoms with E-state index >= 15 is 0 Å². The molecule has 0 unspecified atom stereocenters. The van der Waals surface area contributed by atoms with Crippen LogP contribution in [0.25, 0.3) is 11.1 Å². The highest BCUT2D eigenvalue weighted by molar-refractivity contribution is 14.1. The monoisotopic (exact) mass is 882 g/mol. The molecule has 1 heterocycles. The molecule has 1 aliphatic heterocycles. The molecule has 0 spiro atoms. The minimum Gasteiger partial charge on any atom is -0.493 e. The summed E-state index contributed by atoms with van der Waals surface area (Å²) in [5.41, 5.74) is 6.06. The molecule has 5 rings (SSSR count). The normalized spacial score (nSPS) is 14.9. The van der Waals surface area contributed by atoms with Crippen molar-refractivity contribution in [1.29, 1.82) is 0 Å². The average molecular weight is 884 g/mol. The van der Waals surface area contributed by atoms with Crippen LogP contribution in [-0.4, -0.2) is 66.2 Å². The van der Waals surface area contributed by atoms with Crippen molar-refractivity contribution in [3.8, 4) is 28.4 Å². The Morgan fingerprint density at radius 3 is 2.21 bits per heavy atom. The Bertz CT molecular complexity index is 1790. The quantitative estimate of drug-likeness (QED) is 0.0674. The third-order valence-electron chi connectivity index (χ3n) is 9.47. The molecule has 0 bridgehead atoms. The molecule has 4 aromatic rings. The Labute approximate surface area is 336 Å². The fraction of sp³-hybridized carbons (Fsp3) is 0.400. The summed E-state index contributed by atoms with van der Waals surface area (Å²) >= 11 is 21.2. The van der Waals surface area contributed by atoms with E-state index in [9.17, 15) is 10.2 Å². The molecule has 0 amide bonds. The SMILES string of the molecule is Cc1c(COc2cc(OCc3cc(Cl)cc(Cl)c3)c(CNC(C)(CO)CO)cc2Cl)cccc1-c1cccc(OCCCN2CC[C@@H](OI)C2)c1C. The summed E-state index contributed by atoms with van der Waals surface area (Å²) in [6, 6.07) is 21.2. The summed E-state index contributed by atoms with van der Waals surface area (Å²) in [6.07, 6.45) is 2.37. The smallest absolute Gasteiger partial charge is 0.142 e. The van der Waals surface area contributed by atoms with Gasteiger partial charge < -0.3 is 37.7 Å². The lowest BCUT2D eigenvalue weighted by molar-refractivity contribution is 0.103. The minimum absolute atomic E-state index is 0.196. The first-order valence-corrected chi connectivity index (χ1v) is 19.3. The number of hydrogen-bond acceptors (Lipinski definition) is 8. The number of aliphatic hydroxyl groups excluding tert-OH is 2. The Morgan fingerprint density at radius 2 is 1.52 bits per heavy atom. The summed E-state index contributed by atoms with van der Waals surface area (Å²) in [5, 5.41) is 24.3. The van der Waals surface area contributed by atoms with E-state index in [1.165, 1.54) is 0 Å². The van der Waals surface area contributed by atoms with E-state index in [0.717, 1.165) is 77.2 Å². The lowest BCUT2D eigenvalue weighted by Crippen LogP contribution is -2.48. The maximum atomic E-state index is 9.81. The number of rotatable bonds is 18. The number of benzene rings is 4. The van der Waals surface area contributed by atoms with Crippen molar-refractivity contribution in [2.75, 3.05) is 39.5 Å². The maximum Gasteiger partial charge on any atom is 0.142 e. The lowest BCUT2D eigenvalue weighted by atomic mass is 9.93. The number of halogens is 4. The maximum absolute atomic E-state index is 9.81. The number of ether oxygens (including phenoxy) is 3. The van der Waals surface area contributed by atoms with Crippen molar-refractivity contribution in [3.05, 3.63) is 110 Å². The van der Waals surface area contributed by atoms with Crippen LogP contribution >= 0.6 is 57.8 Å². The summed E-state index contributed by atoms with van der Waals surface area (Å²) < 4.78 is 24.4. The molecule has 12 heteroatoms. The second-order valence-electron chi connectivity index (χ2n) is 13.5. The molecule has 1 aliphatic rings. The first-order valence-electron chi connectivity index (χ1n) is 17.3. The summed E-state index contributed by atoms with van der Waals surface area (Å²) in [5.74, 6) is 1.87. The van der Waals surface area contributed by atoms with Gasteiger partial charge in [-0.2, -0.15) is 0 Å². The van der Waals surface area contributed by atoms with Crippen molar-refractivity contribution >= 4 is 57.8 Å². The van der Waals surface area contributed by atoms with Crippen LogP contribution in [0, 0.1) is 13.8 Å². The standard InChI is InChI=1S/C40H46Cl3IN2O6/c1-26-29(7-4-8-34(26)35-9-5-10-37(27(35)2)49-14-6-12-46-13-11-33(21-46)52-44)23-51-39-19-38(50-22-28-15-31(41)18-32(42)16-28)30(17-36(39)43)20-45-40(3,24-47)25-48/h4-5,7-10,15-19,33,45,47-48H,6,11-14,20-25H2,1-3H3/t33-/m1/s1. The van der Waals surface area contributed by atoms with Crippen molar-refractivity contribution < 1.29 is 27.5 Å². The van der Waals surface area contributed by atoms with E-state index in [-0.39, 0.29) is 33.0 Å². The fourth-order valence-corrected chi connectivity index (χ4v) is 7.40. The molecule has 0 saturated carbocycles. The van der Waals surface area contributed by atoms with Crippen LogP contribution in [0.5, 0.6) is 17.2 Å². The van der Waals surface area contributed by atoms with Crippen LogP contribution in [0.3, 0.4) is 0 Å². The summed E-state index contributed by atoms with van der Waals surface area (Å²) in [7, 11) is 0. The van der Waals surface area contributed by atoms with E-state index in [0.29, 0.717) is 39.3 Å². The first kappa shape index (κ1) is 40.9. The Hall–Kier alpha value is -2.32. The predicted molar refractivity (Wildman–Crippen MR) is 217 cm³/mol. The van der Waals surface area contributed by atoms with Gasteiger partial charge in [-0.05, 0) is 97.3 Å². The van der Waals surface area contributed by atoms with Gasteiger partial charge in [-0.25, -0.2) is 0 Å². The van der Waals surface area contributed by atoms with Gasteiger partial charge in [0, 0.05) is 47.9 Å². The molecule has 52 heavy (non-hydrogen) atoms. The number of hydrogen-bond donors (Lipinski definition) is 3. The number of aliphatic hydroxyl groups is 2. The molecular weight excluding hydrogens is 838 g/mol. The topological polar surface area (TPSA) is 92.7 Å². The Balaban J connectivity index is 1.30. The zero-order chi connectivity index (χ0) is 37.3.